The number of benzene rings is 1. The highest BCUT2D eigenvalue weighted by Gasteiger charge is 2.47. The van der Waals surface area contributed by atoms with Crippen LogP contribution in [-0.4, -0.2) is 74.9 Å². The molecule has 0 radical (unpaired) electrons. The molecular formula is C22H34N2O5. The van der Waals surface area contributed by atoms with Gasteiger partial charge in [-0.2, -0.15) is 0 Å². The fourth-order valence-corrected chi connectivity index (χ4v) is 4.38. The molecule has 2 saturated heterocycles. The third-order valence-electron chi connectivity index (χ3n) is 5.95. The molecule has 0 aliphatic carbocycles. The molecular weight excluding hydrogens is 372 g/mol. The van der Waals surface area contributed by atoms with Crippen molar-refractivity contribution in [2.24, 2.45) is 0 Å². The van der Waals surface area contributed by atoms with Crippen LogP contribution in [0.3, 0.4) is 0 Å². The fraction of sp³-hybridized carbons (Fsp3) is 0.682. The molecule has 1 spiro atoms. The Balaban J connectivity index is 1.83. The van der Waals surface area contributed by atoms with Crippen LogP contribution >= 0.6 is 0 Å². The van der Waals surface area contributed by atoms with Gasteiger partial charge in [-0.3, -0.25) is 9.69 Å². The molecule has 7 heteroatoms. The molecule has 0 N–H and O–H groups in total. The molecule has 2 fully saturated rings. The number of carbonyl (C=O) groups is 1. The van der Waals surface area contributed by atoms with Crippen molar-refractivity contribution in [1.82, 2.24) is 9.80 Å². The molecule has 0 aromatic heterocycles. The summed E-state index contributed by atoms with van der Waals surface area (Å²) in [7, 11) is 4.89. The van der Waals surface area contributed by atoms with Crippen molar-refractivity contribution in [3.05, 3.63) is 17.7 Å². The van der Waals surface area contributed by atoms with Crippen molar-refractivity contribution >= 4 is 5.91 Å². The number of rotatable bonds is 6. The van der Waals surface area contributed by atoms with E-state index in [-0.39, 0.29) is 11.9 Å². The van der Waals surface area contributed by atoms with Crippen LogP contribution in [0.1, 0.15) is 38.7 Å². The molecule has 29 heavy (non-hydrogen) atoms. The average molecular weight is 407 g/mol. The molecule has 1 unspecified atom stereocenters. The van der Waals surface area contributed by atoms with Crippen LogP contribution < -0.4 is 14.2 Å². The van der Waals surface area contributed by atoms with Crippen LogP contribution in [0.2, 0.25) is 0 Å². The number of hydrogen-bond acceptors (Lipinski definition) is 6. The Kier molecular flexibility index (Phi) is 6.90. The molecule has 3 rings (SSSR count). The lowest BCUT2D eigenvalue weighted by molar-refractivity contribution is -0.172. The highest BCUT2D eigenvalue weighted by molar-refractivity contribution is 5.86. The van der Waals surface area contributed by atoms with Crippen molar-refractivity contribution in [3.63, 3.8) is 0 Å². The minimum Gasteiger partial charge on any atom is -0.496 e. The monoisotopic (exact) mass is 406 g/mol. The summed E-state index contributed by atoms with van der Waals surface area (Å²) < 4.78 is 22.6. The highest BCUT2D eigenvalue weighted by atomic mass is 16.5. The molecule has 1 aromatic carbocycles. The molecule has 1 atom stereocenters. The number of amides is 1. The normalized spacial score (nSPS) is 23.4. The van der Waals surface area contributed by atoms with Crippen LogP contribution in [0, 0.1) is 0 Å². The van der Waals surface area contributed by atoms with Gasteiger partial charge in [0, 0.05) is 43.9 Å². The second-order valence-electron chi connectivity index (χ2n) is 8.12. The fourth-order valence-electron chi connectivity index (χ4n) is 4.38. The van der Waals surface area contributed by atoms with Crippen molar-refractivity contribution in [2.75, 3.05) is 47.6 Å². The Labute approximate surface area is 173 Å². The molecule has 0 bridgehead atoms. The maximum absolute atomic E-state index is 13.4. The molecule has 162 valence electrons. The Morgan fingerprint density at radius 1 is 1.03 bits per heavy atom. The number of likely N-dealkylation sites (tertiary alicyclic amines) is 1. The molecule has 2 aliphatic heterocycles. The molecule has 0 saturated carbocycles. The number of carbonyl (C=O) groups excluding carboxylic acids is 1. The zero-order valence-electron chi connectivity index (χ0n) is 18.3. The van der Waals surface area contributed by atoms with Crippen molar-refractivity contribution < 1.29 is 23.7 Å². The zero-order chi connectivity index (χ0) is 21.0. The number of nitrogens with zero attached hydrogens (tertiary/aromatic N) is 2. The summed E-state index contributed by atoms with van der Waals surface area (Å²) in [6.45, 7) is 7.53. The van der Waals surface area contributed by atoms with Crippen molar-refractivity contribution in [3.8, 4) is 17.2 Å². The smallest absolute Gasteiger partial charge is 0.256 e. The van der Waals surface area contributed by atoms with Gasteiger partial charge in [0.25, 0.3) is 5.91 Å². The summed E-state index contributed by atoms with van der Waals surface area (Å²) in [5.41, 5.74) is 0.256. The molecule has 2 heterocycles. The Morgan fingerprint density at radius 2 is 1.72 bits per heavy atom. The summed E-state index contributed by atoms with van der Waals surface area (Å²) >= 11 is 0. The van der Waals surface area contributed by atoms with E-state index in [1.807, 2.05) is 17.0 Å². The Bertz CT molecular complexity index is 723. The first-order valence-electron chi connectivity index (χ1n) is 10.4. The van der Waals surface area contributed by atoms with Gasteiger partial charge >= 0.3 is 0 Å². The number of hydrogen-bond donors (Lipinski definition) is 0. The Hall–Kier alpha value is -1.99. The summed E-state index contributed by atoms with van der Waals surface area (Å²) in [6, 6.07) is 3.99. The largest absolute Gasteiger partial charge is 0.496 e. The average Bonchev–Trinajstić information content (AvgIpc) is 2.87. The SMILES string of the molecule is COc1cc(OC)c(OC)cc1CN1CCOC2(CCCCN(C(C)C)C2=O)C1. The summed E-state index contributed by atoms with van der Waals surface area (Å²) in [4.78, 5) is 17.6. The van der Waals surface area contributed by atoms with Crippen LogP contribution in [0.15, 0.2) is 12.1 Å². The zero-order valence-corrected chi connectivity index (χ0v) is 18.3. The summed E-state index contributed by atoms with van der Waals surface area (Å²) in [5.74, 6) is 2.19. The lowest BCUT2D eigenvalue weighted by Crippen LogP contribution is -2.60. The number of methoxy groups -OCH3 is 3. The van der Waals surface area contributed by atoms with E-state index in [1.54, 1.807) is 21.3 Å². The first kappa shape index (κ1) is 21.7. The van der Waals surface area contributed by atoms with Gasteiger partial charge in [-0.1, -0.05) is 0 Å². The van der Waals surface area contributed by atoms with Crippen LogP contribution in [0.25, 0.3) is 0 Å². The van der Waals surface area contributed by atoms with Crippen LogP contribution in [0.4, 0.5) is 0 Å². The quantitative estimate of drug-likeness (QED) is 0.724. The van der Waals surface area contributed by atoms with E-state index in [4.69, 9.17) is 18.9 Å². The maximum Gasteiger partial charge on any atom is 0.256 e. The van der Waals surface area contributed by atoms with E-state index < -0.39 is 5.60 Å². The topological polar surface area (TPSA) is 60.5 Å². The third kappa shape index (κ3) is 4.46. The second kappa shape index (κ2) is 9.22. The first-order chi connectivity index (χ1) is 13.9. The van der Waals surface area contributed by atoms with Crippen molar-refractivity contribution in [2.45, 2.75) is 51.3 Å². The number of ether oxygens (including phenoxy) is 4. The minimum absolute atomic E-state index is 0.133. The summed E-state index contributed by atoms with van der Waals surface area (Å²) in [6.07, 6.45) is 2.80. The standard InChI is InChI=1S/C22H34N2O5/c1-16(2)24-9-7-6-8-22(21(24)25)15-23(10-11-29-22)14-17-12-19(27-4)20(28-5)13-18(17)26-3/h12-13,16H,6-11,14-15H2,1-5H3. The van der Waals surface area contributed by atoms with E-state index >= 15 is 0 Å². The molecule has 2 aliphatic rings. The Morgan fingerprint density at radius 3 is 2.38 bits per heavy atom. The molecule has 7 nitrogen and oxygen atoms in total. The highest BCUT2D eigenvalue weighted by Crippen LogP contribution is 2.37. The van der Waals surface area contributed by atoms with Gasteiger partial charge in [0.2, 0.25) is 0 Å². The van der Waals surface area contributed by atoms with Gasteiger partial charge in [0.15, 0.2) is 17.1 Å². The first-order valence-corrected chi connectivity index (χ1v) is 10.4. The minimum atomic E-state index is -0.747. The van der Waals surface area contributed by atoms with Gasteiger partial charge in [0.05, 0.1) is 27.9 Å². The van der Waals surface area contributed by atoms with E-state index in [1.165, 1.54) is 0 Å². The third-order valence-corrected chi connectivity index (χ3v) is 5.95. The predicted molar refractivity (Wildman–Crippen MR) is 111 cm³/mol. The maximum atomic E-state index is 13.4. The van der Waals surface area contributed by atoms with E-state index in [0.717, 1.165) is 43.7 Å². The van der Waals surface area contributed by atoms with E-state index in [0.29, 0.717) is 31.2 Å². The van der Waals surface area contributed by atoms with Gasteiger partial charge in [-0.15, -0.1) is 0 Å². The van der Waals surface area contributed by atoms with Gasteiger partial charge in [-0.05, 0) is 39.2 Å². The lowest BCUT2D eigenvalue weighted by Gasteiger charge is -2.43. The van der Waals surface area contributed by atoms with E-state index in [2.05, 4.69) is 18.7 Å². The molecule has 1 amide bonds. The molecule has 1 aromatic rings. The van der Waals surface area contributed by atoms with Crippen LogP contribution in [-0.2, 0) is 16.1 Å². The van der Waals surface area contributed by atoms with Crippen LogP contribution in [0.5, 0.6) is 17.2 Å². The van der Waals surface area contributed by atoms with Gasteiger partial charge in [-0.25, -0.2) is 0 Å². The second-order valence-corrected chi connectivity index (χ2v) is 8.12. The van der Waals surface area contributed by atoms with Gasteiger partial charge < -0.3 is 23.8 Å². The van der Waals surface area contributed by atoms with Crippen molar-refractivity contribution in [1.29, 1.82) is 0 Å². The lowest BCUT2D eigenvalue weighted by atomic mass is 9.93. The predicted octanol–water partition coefficient (Wildman–Crippen LogP) is 2.70. The number of morpholine rings is 1. The van der Waals surface area contributed by atoms with E-state index in [9.17, 15) is 4.79 Å². The van der Waals surface area contributed by atoms with Gasteiger partial charge in [0.1, 0.15) is 5.75 Å². The summed E-state index contributed by atoms with van der Waals surface area (Å²) in [5, 5.41) is 0.